The summed E-state index contributed by atoms with van der Waals surface area (Å²) in [5, 5.41) is 6.47. The maximum atomic E-state index is 4.58. The minimum absolute atomic E-state index is 0.189. The van der Waals surface area contributed by atoms with E-state index in [1.165, 1.54) is 0 Å². The molecule has 0 saturated carbocycles. The number of hydrazine groups is 1. The van der Waals surface area contributed by atoms with Gasteiger partial charge in [0.1, 0.15) is 12.3 Å². The molecule has 0 bridgehead atoms. The van der Waals surface area contributed by atoms with Crippen LogP contribution in [0.15, 0.2) is 9.98 Å². The number of amidine groups is 2. The molecule has 0 aromatic carbocycles. The Kier molecular flexibility index (Phi) is 2.66. The van der Waals surface area contributed by atoms with E-state index in [0.717, 1.165) is 10.3 Å². The van der Waals surface area contributed by atoms with Gasteiger partial charge in [-0.1, -0.05) is 23.5 Å². The van der Waals surface area contributed by atoms with Crippen molar-refractivity contribution in [2.75, 3.05) is 12.5 Å². The van der Waals surface area contributed by atoms with Gasteiger partial charge < -0.3 is 0 Å². The van der Waals surface area contributed by atoms with Crippen molar-refractivity contribution in [3.05, 3.63) is 0 Å². The van der Waals surface area contributed by atoms with E-state index in [9.17, 15) is 0 Å². The lowest BCUT2D eigenvalue weighted by molar-refractivity contribution is 0.119. The zero-order chi connectivity index (χ0) is 10.3. The molecule has 0 amide bonds. The van der Waals surface area contributed by atoms with Gasteiger partial charge in [-0.25, -0.2) is 20.0 Å². The average molecular weight is 230 g/mol. The Labute approximate surface area is 92.8 Å². The van der Waals surface area contributed by atoms with Crippen LogP contribution in [0.2, 0.25) is 0 Å². The summed E-state index contributed by atoms with van der Waals surface area (Å²) >= 11 is 3.36. The van der Waals surface area contributed by atoms with E-state index in [4.69, 9.17) is 0 Å². The van der Waals surface area contributed by atoms with Gasteiger partial charge >= 0.3 is 0 Å². The minimum Gasteiger partial charge on any atom is -0.234 e. The summed E-state index contributed by atoms with van der Waals surface area (Å²) < 4.78 is 0. The maximum Gasteiger partial charge on any atom is 0.182 e. The molecule has 2 rings (SSSR count). The van der Waals surface area contributed by atoms with E-state index in [-0.39, 0.29) is 12.3 Å². The van der Waals surface area contributed by atoms with Crippen LogP contribution in [-0.4, -0.2) is 45.2 Å². The van der Waals surface area contributed by atoms with E-state index < -0.39 is 0 Å². The van der Waals surface area contributed by atoms with Crippen LogP contribution in [0.3, 0.4) is 0 Å². The molecule has 0 aromatic heterocycles. The number of rotatable bonds is 0. The molecular weight excluding hydrogens is 216 g/mol. The predicted molar refractivity (Wildman–Crippen MR) is 64.5 cm³/mol. The molecule has 78 valence electrons. The standard InChI is InChI=1S/C8H14N4S2/c1-5-9-7(13-3)12-6(2)10-8(14-4)11(5)12/h5-6H,1-4H3/t5-,6-/m0/s1. The molecule has 4 nitrogen and oxygen atoms in total. The van der Waals surface area contributed by atoms with Crippen molar-refractivity contribution in [1.29, 1.82) is 0 Å². The summed E-state index contributed by atoms with van der Waals surface area (Å²) in [5.41, 5.74) is 0. The highest BCUT2D eigenvalue weighted by atomic mass is 32.2. The fourth-order valence-electron chi connectivity index (χ4n) is 1.70. The number of hydrogen-bond donors (Lipinski definition) is 0. The van der Waals surface area contributed by atoms with Crippen LogP contribution in [0, 0.1) is 0 Å². The Hall–Kier alpha value is -0.360. The monoisotopic (exact) mass is 230 g/mol. The highest BCUT2D eigenvalue weighted by molar-refractivity contribution is 8.13. The van der Waals surface area contributed by atoms with Crippen molar-refractivity contribution in [3.63, 3.8) is 0 Å². The van der Waals surface area contributed by atoms with Gasteiger partial charge in [0.25, 0.3) is 0 Å². The SMILES string of the molecule is CSC1=N[C@H](C)N2C(SC)=N[C@H](C)N12. The molecule has 0 unspecified atom stereocenters. The highest BCUT2D eigenvalue weighted by Crippen LogP contribution is 2.31. The van der Waals surface area contributed by atoms with Gasteiger partial charge in [-0.2, -0.15) is 0 Å². The van der Waals surface area contributed by atoms with Crippen molar-refractivity contribution in [1.82, 2.24) is 10.0 Å². The summed E-state index contributed by atoms with van der Waals surface area (Å²) in [6.45, 7) is 4.19. The van der Waals surface area contributed by atoms with Crippen LogP contribution < -0.4 is 0 Å². The summed E-state index contributed by atoms with van der Waals surface area (Å²) in [6.07, 6.45) is 4.49. The minimum atomic E-state index is 0.189. The smallest absolute Gasteiger partial charge is 0.182 e. The second-order valence-corrected chi connectivity index (χ2v) is 4.73. The molecule has 0 saturated heterocycles. The summed E-state index contributed by atoms with van der Waals surface area (Å²) in [6, 6.07) is 0. The van der Waals surface area contributed by atoms with Gasteiger partial charge in [0.2, 0.25) is 0 Å². The molecule has 0 fully saturated rings. The van der Waals surface area contributed by atoms with Crippen LogP contribution in [0.1, 0.15) is 13.8 Å². The number of fused-ring (bicyclic) bond motifs is 1. The lowest BCUT2D eigenvalue weighted by atomic mass is 10.6. The Morgan fingerprint density at radius 2 is 1.29 bits per heavy atom. The van der Waals surface area contributed by atoms with Gasteiger partial charge in [-0.15, -0.1) is 0 Å². The van der Waals surface area contributed by atoms with Gasteiger partial charge in [0.15, 0.2) is 10.3 Å². The Morgan fingerprint density at radius 1 is 0.929 bits per heavy atom. The molecule has 2 atom stereocenters. The first-order chi connectivity index (χ1) is 6.69. The van der Waals surface area contributed by atoms with Gasteiger partial charge in [0.05, 0.1) is 0 Å². The molecule has 0 N–H and O–H groups in total. The second kappa shape index (κ2) is 3.66. The number of nitrogens with zero attached hydrogens (tertiary/aromatic N) is 4. The molecule has 6 heteroatoms. The number of thioether (sulfide) groups is 2. The van der Waals surface area contributed by atoms with E-state index in [1.807, 2.05) is 0 Å². The number of hydrogen-bond acceptors (Lipinski definition) is 6. The van der Waals surface area contributed by atoms with Crippen molar-refractivity contribution in [3.8, 4) is 0 Å². The number of aliphatic imine (C=N–C) groups is 2. The first-order valence-corrected chi connectivity index (χ1v) is 6.96. The Morgan fingerprint density at radius 3 is 1.57 bits per heavy atom. The van der Waals surface area contributed by atoms with E-state index in [2.05, 4.69) is 46.4 Å². The lowest BCUT2D eigenvalue weighted by Gasteiger charge is -2.28. The summed E-state index contributed by atoms with van der Waals surface area (Å²) in [7, 11) is 0. The van der Waals surface area contributed by atoms with Crippen molar-refractivity contribution in [2.24, 2.45) is 9.98 Å². The van der Waals surface area contributed by atoms with Gasteiger partial charge in [-0.05, 0) is 26.4 Å². The van der Waals surface area contributed by atoms with Crippen LogP contribution in [0.5, 0.6) is 0 Å². The Bertz CT molecular complexity index is 272. The van der Waals surface area contributed by atoms with Crippen LogP contribution in [-0.2, 0) is 0 Å². The van der Waals surface area contributed by atoms with Crippen molar-refractivity contribution < 1.29 is 0 Å². The molecule has 14 heavy (non-hydrogen) atoms. The summed E-state index contributed by atoms with van der Waals surface area (Å²) in [4.78, 5) is 9.15. The average Bonchev–Trinajstić information content (AvgIpc) is 2.67. The van der Waals surface area contributed by atoms with Crippen LogP contribution in [0.4, 0.5) is 0 Å². The molecule has 0 aliphatic carbocycles. The first-order valence-electron chi connectivity index (χ1n) is 4.51. The topological polar surface area (TPSA) is 31.2 Å². The van der Waals surface area contributed by atoms with Crippen molar-refractivity contribution >= 4 is 33.9 Å². The molecular formula is C8H14N4S2. The fourth-order valence-corrected chi connectivity index (χ4v) is 3.07. The summed E-state index contributed by atoms with van der Waals surface area (Å²) in [5.74, 6) is 0. The first kappa shape index (κ1) is 10.2. The second-order valence-electron chi connectivity index (χ2n) is 3.18. The zero-order valence-corrected chi connectivity index (χ0v) is 10.4. The van der Waals surface area contributed by atoms with Crippen LogP contribution >= 0.6 is 23.5 Å². The Balaban J connectivity index is 2.28. The third-order valence-electron chi connectivity index (χ3n) is 2.29. The van der Waals surface area contributed by atoms with Gasteiger partial charge in [0, 0.05) is 0 Å². The highest BCUT2D eigenvalue weighted by Gasteiger charge is 2.40. The molecule has 0 spiro atoms. The van der Waals surface area contributed by atoms with Gasteiger partial charge in [-0.3, -0.25) is 0 Å². The third kappa shape index (κ3) is 1.32. The largest absolute Gasteiger partial charge is 0.234 e. The quantitative estimate of drug-likeness (QED) is 0.633. The molecule has 2 heterocycles. The van der Waals surface area contributed by atoms with E-state index in [1.54, 1.807) is 23.5 Å². The normalized spacial score (nSPS) is 30.6. The molecule has 2 aliphatic heterocycles. The van der Waals surface area contributed by atoms with Crippen molar-refractivity contribution in [2.45, 2.75) is 26.2 Å². The molecule has 2 aliphatic rings. The fraction of sp³-hybridized carbons (Fsp3) is 0.750. The molecule has 0 radical (unpaired) electrons. The zero-order valence-electron chi connectivity index (χ0n) is 8.76. The maximum absolute atomic E-state index is 4.58. The predicted octanol–water partition coefficient (Wildman–Crippen LogP) is 1.66. The molecule has 0 aromatic rings. The lowest BCUT2D eigenvalue weighted by Crippen LogP contribution is -2.43. The third-order valence-corrected chi connectivity index (χ3v) is 3.61. The van der Waals surface area contributed by atoms with E-state index in [0.29, 0.717) is 0 Å². The van der Waals surface area contributed by atoms with E-state index >= 15 is 0 Å². The van der Waals surface area contributed by atoms with Crippen LogP contribution in [0.25, 0.3) is 0 Å².